The molecule has 0 saturated carbocycles. The lowest BCUT2D eigenvalue weighted by Crippen LogP contribution is -2.58. The number of rotatable bonds is 4. The van der Waals surface area contributed by atoms with Crippen molar-refractivity contribution in [3.05, 3.63) is 29.6 Å². The molecular weight excluding hydrogens is 266 g/mol. The van der Waals surface area contributed by atoms with Crippen molar-refractivity contribution in [3.63, 3.8) is 0 Å². The molecule has 3 nitrogen and oxygen atoms in total. The van der Waals surface area contributed by atoms with Gasteiger partial charge in [-0.1, -0.05) is 19.9 Å². The molecule has 4 heteroatoms. The smallest absolute Gasteiger partial charge is 0.0547 e. The van der Waals surface area contributed by atoms with Crippen LogP contribution in [0.4, 0.5) is 0 Å². The second-order valence-electron chi connectivity index (χ2n) is 6.89. The molecule has 112 valence electrons. The fourth-order valence-electron chi connectivity index (χ4n) is 3.14. The van der Waals surface area contributed by atoms with Crippen molar-refractivity contribution in [1.29, 1.82) is 0 Å². The van der Waals surface area contributed by atoms with Crippen molar-refractivity contribution in [2.45, 2.75) is 39.3 Å². The molecule has 0 spiro atoms. The van der Waals surface area contributed by atoms with E-state index in [1.165, 1.54) is 5.75 Å². The van der Waals surface area contributed by atoms with E-state index in [-0.39, 0.29) is 5.54 Å². The van der Waals surface area contributed by atoms with Gasteiger partial charge in [-0.3, -0.25) is 9.88 Å². The first-order valence-electron chi connectivity index (χ1n) is 7.29. The molecule has 0 radical (unpaired) electrons. The summed E-state index contributed by atoms with van der Waals surface area (Å²) in [5, 5.41) is 0. The van der Waals surface area contributed by atoms with E-state index in [0.29, 0.717) is 12.0 Å². The van der Waals surface area contributed by atoms with E-state index in [2.05, 4.69) is 42.9 Å². The second kappa shape index (κ2) is 6.04. The van der Waals surface area contributed by atoms with Crippen molar-refractivity contribution in [2.75, 3.05) is 25.1 Å². The van der Waals surface area contributed by atoms with Gasteiger partial charge < -0.3 is 5.73 Å². The standard InChI is InChI=1S/C16H27N3S/c1-13-6-5-7-14(18-13)8-19(4)16(10-17)9-15(2,3)11-20-12-16/h5-7H,8-12,17H2,1-4H3. The van der Waals surface area contributed by atoms with Crippen LogP contribution in [-0.2, 0) is 6.54 Å². The first-order chi connectivity index (χ1) is 9.37. The Morgan fingerprint density at radius 3 is 2.70 bits per heavy atom. The van der Waals surface area contributed by atoms with Crippen LogP contribution in [0.3, 0.4) is 0 Å². The fraction of sp³-hybridized carbons (Fsp3) is 0.688. The van der Waals surface area contributed by atoms with E-state index < -0.39 is 0 Å². The third-order valence-corrected chi connectivity index (χ3v) is 5.93. The van der Waals surface area contributed by atoms with E-state index >= 15 is 0 Å². The van der Waals surface area contributed by atoms with Crippen LogP contribution in [0.15, 0.2) is 18.2 Å². The number of thioether (sulfide) groups is 1. The molecule has 1 fully saturated rings. The highest BCUT2D eigenvalue weighted by Crippen LogP contribution is 2.41. The summed E-state index contributed by atoms with van der Waals surface area (Å²) in [5.74, 6) is 2.35. The number of nitrogens with zero attached hydrogens (tertiary/aromatic N) is 2. The molecule has 1 aliphatic heterocycles. The number of hydrogen-bond donors (Lipinski definition) is 1. The first-order valence-corrected chi connectivity index (χ1v) is 8.44. The minimum Gasteiger partial charge on any atom is -0.329 e. The van der Waals surface area contributed by atoms with E-state index in [1.54, 1.807) is 0 Å². The fourth-order valence-corrected chi connectivity index (χ4v) is 4.72. The van der Waals surface area contributed by atoms with Gasteiger partial charge in [-0.15, -0.1) is 0 Å². The Bertz CT molecular complexity index is 461. The summed E-state index contributed by atoms with van der Waals surface area (Å²) in [6.07, 6.45) is 1.16. The van der Waals surface area contributed by atoms with Gasteiger partial charge in [-0.25, -0.2) is 0 Å². The number of pyridine rings is 1. The topological polar surface area (TPSA) is 42.1 Å². The minimum atomic E-state index is 0.0951. The predicted molar refractivity (Wildman–Crippen MR) is 87.9 cm³/mol. The zero-order valence-corrected chi connectivity index (χ0v) is 14.0. The second-order valence-corrected chi connectivity index (χ2v) is 7.87. The summed E-state index contributed by atoms with van der Waals surface area (Å²) in [6, 6.07) is 6.23. The van der Waals surface area contributed by atoms with Crippen molar-refractivity contribution >= 4 is 11.8 Å². The zero-order valence-electron chi connectivity index (χ0n) is 13.1. The van der Waals surface area contributed by atoms with Gasteiger partial charge in [0, 0.05) is 30.1 Å². The predicted octanol–water partition coefficient (Wildman–Crippen LogP) is 2.68. The molecule has 1 aromatic heterocycles. The Morgan fingerprint density at radius 2 is 2.10 bits per heavy atom. The van der Waals surface area contributed by atoms with Crippen molar-refractivity contribution in [1.82, 2.24) is 9.88 Å². The van der Waals surface area contributed by atoms with Gasteiger partial charge in [0.15, 0.2) is 0 Å². The molecule has 2 rings (SSSR count). The number of nitrogens with two attached hydrogens (primary N) is 1. The lowest BCUT2D eigenvalue weighted by Gasteiger charge is -2.49. The summed E-state index contributed by atoms with van der Waals surface area (Å²) in [4.78, 5) is 7.04. The van der Waals surface area contributed by atoms with Gasteiger partial charge in [-0.05, 0) is 43.7 Å². The molecule has 0 amide bonds. The molecule has 1 aromatic rings. The molecule has 0 aliphatic carbocycles. The molecule has 0 bridgehead atoms. The molecule has 20 heavy (non-hydrogen) atoms. The lowest BCUT2D eigenvalue weighted by molar-refractivity contribution is 0.0858. The monoisotopic (exact) mass is 293 g/mol. The quantitative estimate of drug-likeness (QED) is 0.927. The van der Waals surface area contributed by atoms with E-state index in [4.69, 9.17) is 5.73 Å². The molecule has 2 N–H and O–H groups in total. The Labute approximate surface area is 127 Å². The SMILES string of the molecule is Cc1cccc(CN(C)C2(CN)CSCC(C)(C)C2)n1. The number of aromatic nitrogens is 1. The Kier molecular flexibility index (Phi) is 4.77. The molecule has 1 aliphatic rings. The van der Waals surface area contributed by atoms with Crippen LogP contribution in [0.25, 0.3) is 0 Å². The van der Waals surface area contributed by atoms with Crippen molar-refractivity contribution in [3.8, 4) is 0 Å². The van der Waals surface area contributed by atoms with Gasteiger partial charge in [0.2, 0.25) is 0 Å². The van der Waals surface area contributed by atoms with E-state index in [0.717, 1.165) is 30.1 Å². The molecule has 0 aromatic carbocycles. The summed E-state index contributed by atoms with van der Waals surface area (Å²) in [5.41, 5.74) is 8.83. The average Bonchev–Trinajstić information content (AvgIpc) is 2.37. The van der Waals surface area contributed by atoms with Gasteiger partial charge >= 0.3 is 0 Å². The summed E-state index contributed by atoms with van der Waals surface area (Å²) in [6.45, 7) is 8.33. The van der Waals surface area contributed by atoms with Gasteiger partial charge in [0.1, 0.15) is 0 Å². The highest BCUT2D eigenvalue weighted by molar-refractivity contribution is 7.99. The largest absolute Gasteiger partial charge is 0.329 e. The van der Waals surface area contributed by atoms with E-state index in [9.17, 15) is 0 Å². The van der Waals surface area contributed by atoms with Crippen LogP contribution in [0.1, 0.15) is 31.7 Å². The van der Waals surface area contributed by atoms with Crippen LogP contribution < -0.4 is 5.73 Å². The zero-order chi connectivity index (χ0) is 14.8. The van der Waals surface area contributed by atoms with Crippen LogP contribution in [0.5, 0.6) is 0 Å². The molecule has 1 saturated heterocycles. The maximum absolute atomic E-state index is 6.17. The van der Waals surface area contributed by atoms with Crippen LogP contribution in [0.2, 0.25) is 0 Å². The molecular formula is C16H27N3S. The highest BCUT2D eigenvalue weighted by Gasteiger charge is 2.42. The Morgan fingerprint density at radius 1 is 1.35 bits per heavy atom. The normalized spacial score (nSPS) is 25.9. The minimum absolute atomic E-state index is 0.0951. The third kappa shape index (κ3) is 3.54. The van der Waals surface area contributed by atoms with Crippen LogP contribution in [0, 0.1) is 12.3 Å². The van der Waals surface area contributed by atoms with Crippen LogP contribution >= 0.6 is 11.8 Å². The van der Waals surface area contributed by atoms with Gasteiger partial charge in [0.05, 0.1) is 5.69 Å². The summed E-state index contributed by atoms with van der Waals surface area (Å²) < 4.78 is 0. The number of likely N-dealkylation sites (N-methyl/N-ethyl adjacent to an activating group) is 1. The Balaban J connectivity index is 2.14. The molecule has 1 unspecified atom stereocenters. The van der Waals surface area contributed by atoms with Crippen LogP contribution in [-0.4, -0.2) is 40.5 Å². The van der Waals surface area contributed by atoms with Gasteiger partial charge in [0.25, 0.3) is 0 Å². The first kappa shape index (κ1) is 15.8. The van der Waals surface area contributed by atoms with Crippen molar-refractivity contribution in [2.24, 2.45) is 11.1 Å². The summed E-state index contributed by atoms with van der Waals surface area (Å²) >= 11 is 2.03. The van der Waals surface area contributed by atoms with E-state index in [1.807, 2.05) is 24.8 Å². The maximum atomic E-state index is 6.17. The number of hydrogen-bond acceptors (Lipinski definition) is 4. The molecule has 2 heterocycles. The lowest BCUT2D eigenvalue weighted by atomic mass is 9.79. The maximum Gasteiger partial charge on any atom is 0.0547 e. The van der Waals surface area contributed by atoms with Gasteiger partial charge in [-0.2, -0.15) is 11.8 Å². The number of aryl methyl sites for hydroxylation is 1. The summed E-state index contributed by atoms with van der Waals surface area (Å²) in [7, 11) is 2.19. The highest BCUT2D eigenvalue weighted by atomic mass is 32.2. The molecule has 1 atom stereocenters. The van der Waals surface area contributed by atoms with Crippen molar-refractivity contribution < 1.29 is 0 Å². The Hall–Kier alpha value is -0.580. The average molecular weight is 293 g/mol. The third-order valence-electron chi connectivity index (χ3n) is 4.21.